The second-order valence-corrected chi connectivity index (χ2v) is 5.93. The number of benzene rings is 2. The quantitative estimate of drug-likeness (QED) is 0.814. The standard InChI is InChI=1S/C20H23NO5.ClH/c1-23-14-5-6-16(24-2)13(9-14)10-15-18-12(7-8-21-15)11-17(25-3)20(26-4)19(18)22;/h5-6,9,11,22H,7-8,10H2,1-4H3;1H. The minimum atomic E-state index is 0. The first-order valence-corrected chi connectivity index (χ1v) is 8.34. The van der Waals surface area contributed by atoms with Gasteiger partial charge in [0, 0.05) is 24.1 Å². The van der Waals surface area contributed by atoms with Gasteiger partial charge in [-0.05, 0) is 36.2 Å². The molecule has 0 saturated heterocycles. The van der Waals surface area contributed by atoms with Gasteiger partial charge in [-0.25, -0.2) is 0 Å². The zero-order valence-electron chi connectivity index (χ0n) is 15.9. The number of nitrogens with zero attached hydrogens (tertiary/aromatic N) is 1. The maximum Gasteiger partial charge on any atom is 0.203 e. The van der Waals surface area contributed by atoms with E-state index in [0.29, 0.717) is 30.0 Å². The Morgan fingerprint density at radius 3 is 2.33 bits per heavy atom. The van der Waals surface area contributed by atoms with Crippen molar-refractivity contribution in [1.82, 2.24) is 0 Å². The third-order valence-corrected chi connectivity index (χ3v) is 4.54. The number of phenolic OH excluding ortho intramolecular Hbond substituents is 1. The van der Waals surface area contributed by atoms with E-state index in [1.807, 2.05) is 24.3 Å². The van der Waals surface area contributed by atoms with Crippen LogP contribution in [0.3, 0.4) is 0 Å². The van der Waals surface area contributed by atoms with Crippen LogP contribution < -0.4 is 18.9 Å². The normalized spacial score (nSPS) is 12.4. The Bertz CT molecular complexity index is 851. The van der Waals surface area contributed by atoms with Crippen molar-refractivity contribution in [3.05, 3.63) is 41.0 Å². The molecule has 0 aromatic heterocycles. The molecule has 0 radical (unpaired) electrons. The van der Waals surface area contributed by atoms with Crippen LogP contribution in [0.1, 0.15) is 16.7 Å². The lowest BCUT2D eigenvalue weighted by Gasteiger charge is -2.22. The lowest BCUT2D eigenvalue weighted by atomic mass is 9.91. The number of halogens is 1. The fraction of sp³-hybridized carbons (Fsp3) is 0.350. The SMILES string of the molecule is COc1ccc(OC)c(CC2=NCCc3cc(OC)c(OC)c(O)c32)c1.Cl. The fourth-order valence-electron chi connectivity index (χ4n) is 3.28. The number of hydrogen-bond donors (Lipinski definition) is 1. The lowest BCUT2D eigenvalue weighted by molar-refractivity contribution is 0.332. The van der Waals surface area contributed by atoms with E-state index in [9.17, 15) is 5.11 Å². The van der Waals surface area contributed by atoms with Crippen molar-refractivity contribution in [2.75, 3.05) is 35.0 Å². The molecule has 6 nitrogen and oxygen atoms in total. The first-order valence-electron chi connectivity index (χ1n) is 8.34. The summed E-state index contributed by atoms with van der Waals surface area (Å²) in [7, 11) is 6.33. The molecule has 27 heavy (non-hydrogen) atoms. The van der Waals surface area contributed by atoms with Gasteiger partial charge in [-0.1, -0.05) is 0 Å². The summed E-state index contributed by atoms with van der Waals surface area (Å²) in [6.07, 6.45) is 1.25. The molecule has 1 aliphatic rings. The number of phenols is 1. The molecule has 0 amide bonds. The van der Waals surface area contributed by atoms with E-state index in [0.717, 1.165) is 34.8 Å². The highest BCUT2D eigenvalue weighted by atomic mass is 35.5. The molecule has 0 saturated carbocycles. The number of aliphatic imine (C=N–C) groups is 1. The van der Waals surface area contributed by atoms with Crippen molar-refractivity contribution in [3.8, 4) is 28.7 Å². The smallest absolute Gasteiger partial charge is 0.203 e. The molecule has 1 N–H and O–H groups in total. The van der Waals surface area contributed by atoms with Gasteiger partial charge in [0.05, 0.1) is 34.2 Å². The zero-order valence-corrected chi connectivity index (χ0v) is 16.7. The Morgan fingerprint density at radius 2 is 1.70 bits per heavy atom. The van der Waals surface area contributed by atoms with Gasteiger partial charge in [0.15, 0.2) is 11.5 Å². The van der Waals surface area contributed by atoms with Gasteiger partial charge in [0.2, 0.25) is 5.75 Å². The van der Waals surface area contributed by atoms with Crippen LogP contribution in [0.5, 0.6) is 28.7 Å². The summed E-state index contributed by atoms with van der Waals surface area (Å²) < 4.78 is 21.5. The average Bonchev–Trinajstić information content (AvgIpc) is 2.67. The third kappa shape index (κ3) is 3.90. The van der Waals surface area contributed by atoms with Gasteiger partial charge >= 0.3 is 0 Å². The number of methoxy groups -OCH3 is 4. The van der Waals surface area contributed by atoms with E-state index >= 15 is 0 Å². The van der Waals surface area contributed by atoms with Crippen LogP contribution in [0.2, 0.25) is 0 Å². The minimum absolute atomic E-state index is 0. The average molecular weight is 394 g/mol. The van der Waals surface area contributed by atoms with Crippen molar-refractivity contribution < 1.29 is 24.1 Å². The van der Waals surface area contributed by atoms with Crippen LogP contribution in [0, 0.1) is 0 Å². The monoisotopic (exact) mass is 393 g/mol. The van der Waals surface area contributed by atoms with Crippen LogP contribution in [0.15, 0.2) is 29.3 Å². The second kappa shape index (κ2) is 8.86. The Labute approximate surface area is 165 Å². The molecule has 146 valence electrons. The second-order valence-electron chi connectivity index (χ2n) is 5.93. The lowest BCUT2D eigenvalue weighted by Crippen LogP contribution is -2.17. The van der Waals surface area contributed by atoms with E-state index in [1.54, 1.807) is 21.3 Å². The molecule has 3 rings (SSSR count). The molecule has 0 unspecified atom stereocenters. The minimum Gasteiger partial charge on any atom is -0.504 e. The summed E-state index contributed by atoms with van der Waals surface area (Å²) in [5, 5.41) is 10.8. The van der Waals surface area contributed by atoms with Gasteiger partial charge in [0.25, 0.3) is 0 Å². The molecule has 0 aliphatic carbocycles. The number of ether oxygens (including phenoxy) is 4. The summed E-state index contributed by atoms with van der Waals surface area (Å²) in [5.74, 6) is 2.39. The topological polar surface area (TPSA) is 69.5 Å². The van der Waals surface area contributed by atoms with E-state index < -0.39 is 0 Å². The van der Waals surface area contributed by atoms with Gasteiger partial charge in [-0.2, -0.15) is 0 Å². The molecular weight excluding hydrogens is 370 g/mol. The highest BCUT2D eigenvalue weighted by Crippen LogP contribution is 2.43. The van der Waals surface area contributed by atoms with Gasteiger partial charge in [-0.15, -0.1) is 12.4 Å². The van der Waals surface area contributed by atoms with Crippen LogP contribution >= 0.6 is 12.4 Å². The van der Waals surface area contributed by atoms with Crippen molar-refractivity contribution >= 4 is 18.1 Å². The molecule has 0 fully saturated rings. The summed E-state index contributed by atoms with van der Waals surface area (Å²) in [4.78, 5) is 4.65. The van der Waals surface area contributed by atoms with E-state index in [-0.39, 0.29) is 18.2 Å². The Balaban J connectivity index is 0.00000261. The third-order valence-electron chi connectivity index (χ3n) is 4.54. The molecule has 2 aromatic carbocycles. The molecule has 0 atom stereocenters. The summed E-state index contributed by atoms with van der Waals surface area (Å²) in [6.45, 7) is 0.656. The highest BCUT2D eigenvalue weighted by Gasteiger charge is 2.25. The van der Waals surface area contributed by atoms with Gasteiger partial charge in [0.1, 0.15) is 11.5 Å². The molecule has 0 spiro atoms. The zero-order chi connectivity index (χ0) is 18.7. The molecule has 1 aliphatic heterocycles. The van der Waals surface area contributed by atoms with Crippen molar-refractivity contribution in [1.29, 1.82) is 0 Å². The molecule has 2 aromatic rings. The fourth-order valence-corrected chi connectivity index (χ4v) is 3.28. The predicted octanol–water partition coefficient (Wildman–Crippen LogP) is 3.44. The number of fused-ring (bicyclic) bond motifs is 1. The van der Waals surface area contributed by atoms with Crippen LogP contribution in [-0.2, 0) is 12.8 Å². The molecular formula is C20H24ClNO5. The Hall–Kier alpha value is -2.60. The summed E-state index contributed by atoms with van der Waals surface area (Å²) in [5.41, 5.74) is 3.43. The van der Waals surface area contributed by atoms with E-state index in [2.05, 4.69) is 4.99 Å². The largest absolute Gasteiger partial charge is 0.504 e. The molecule has 1 heterocycles. The Kier molecular flexibility index (Phi) is 6.80. The van der Waals surface area contributed by atoms with Crippen molar-refractivity contribution in [2.45, 2.75) is 12.8 Å². The summed E-state index contributed by atoms with van der Waals surface area (Å²) >= 11 is 0. The van der Waals surface area contributed by atoms with Crippen LogP contribution in [0.4, 0.5) is 0 Å². The van der Waals surface area contributed by atoms with Crippen molar-refractivity contribution in [2.24, 2.45) is 4.99 Å². The number of rotatable bonds is 6. The van der Waals surface area contributed by atoms with Crippen LogP contribution in [0.25, 0.3) is 0 Å². The maximum absolute atomic E-state index is 10.8. The van der Waals surface area contributed by atoms with Gasteiger partial charge in [-0.3, -0.25) is 4.99 Å². The molecule has 0 bridgehead atoms. The number of hydrogen-bond acceptors (Lipinski definition) is 6. The van der Waals surface area contributed by atoms with E-state index in [1.165, 1.54) is 7.11 Å². The summed E-state index contributed by atoms with van der Waals surface area (Å²) in [6, 6.07) is 7.55. The predicted molar refractivity (Wildman–Crippen MR) is 107 cm³/mol. The van der Waals surface area contributed by atoms with Gasteiger partial charge < -0.3 is 24.1 Å². The Morgan fingerprint density at radius 1 is 0.963 bits per heavy atom. The maximum atomic E-state index is 10.8. The van der Waals surface area contributed by atoms with Crippen LogP contribution in [-0.4, -0.2) is 45.8 Å². The number of aromatic hydroxyl groups is 1. The first-order chi connectivity index (χ1) is 12.6. The van der Waals surface area contributed by atoms with E-state index in [4.69, 9.17) is 18.9 Å². The molecule has 7 heteroatoms. The van der Waals surface area contributed by atoms with Crippen molar-refractivity contribution in [3.63, 3.8) is 0 Å². The first kappa shape index (κ1) is 20.7. The highest BCUT2D eigenvalue weighted by molar-refractivity contribution is 6.07.